The lowest BCUT2D eigenvalue weighted by molar-refractivity contribution is 0.0998. The van der Waals surface area contributed by atoms with Gasteiger partial charge in [0, 0.05) is 11.4 Å². The van der Waals surface area contributed by atoms with Gasteiger partial charge in [-0.3, -0.25) is 9.59 Å². The Balaban J connectivity index is 2.24. The number of amides is 2. The van der Waals surface area contributed by atoms with Gasteiger partial charge in [-0.2, -0.15) is 0 Å². The lowest BCUT2D eigenvalue weighted by Crippen LogP contribution is -2.16. The summed E-state index contributed by atoms with van der Waals surface area (Å²) in [4.78, 5) is 38.9. The van der Waals surface area contributed by atoms with Crippen LogP contribution in [-0.4, -0.2) is 21.8 Å². The van der Waals surface area contributed by atoms with E-state index < -0.39 is 17.5 Å². The number of aromatic nitrogens is 2. The van der Waals surface area contributed by atoms with Gasteiger partial charge in [0.1, 0.15) is 5.69 Å². The summed E-state index contributed by atoms with van der Waals surface area (Å²) in [5.74, 6) is -1.15. The van der Waals surface area contributed by atoms with Crippen molar-refractivity contribution in [1.29, 1.82) is 0 Å². The summed E-state index contributed by atoms with van der Waals surface area (Å²) in [6.07, 6.45) is 0. The molecule has 0 aliphatic carbocycles. The van der Waals surface area contributed by atoms with Crippen LogP contribution < -0.4 is 16.7 Å². The Morgan fingerprint density at radius 2 is 2.00 bits per heavy atom. The van der Waals surface area contributed by atoms with Crippen molar-refractivity contribution in [1.82, 2.24) is 9.97 Å². The standard InChI is InChI=1S/C12H11ClN4O3/c1-5-9(17-12(20)15-5)11(19)16-6-2-3-7(10(14)18)8(13)4-6/h2-4H,1H3,(H2,14,18)(H,16,19)(H2,15,17,20). The number of anilines is 1. The Labute approximate surface area is 118 Å². The first-order valence-corrected chi connectivity index (χ1v) is 5.96. The van der Waals surface area contributed by atoms with Crippen molar-refractivity contribution in [3.05, 3.63) is 50.7 Å². The summed E-state index contributed by atoms with van der Waals surface area (Å²) in [5.41, 5.74) is 5.76. The van der Waals surface area contributed by atoms with Crippen molar-refractivity contribution < 1.29 is 9.59 Å². The van der Waals surface area contributed by atoms with Crippen LogP contribution in [-0.2, 0) is 0 Å². The van der Waals surface area contributed by atoms with Crippen LogP contribution in [0, 0.1) is 6.92 Å². The summed E-state index contributed by atoms with van der Waals surface area (Å²) in [7, 11) is 0. The fourth-order valence-electron chi connectivity index (χ4n) is 1.68. The van der Waals surface area contributed by atoms with E-state index >= 15 is 0 Å². The van der Waals surface area contributed by atoms with Crippen LogP contribution in [0.2, 0.25) is 5.02 Å². The first kappa shape index (κ1) is 13.9. The minimum atomic E-state index is -0.654. The Bertz CT molecular complexity index is 747. The number of nitrogens with two attached hydrogens (primary N) is 1. The minimum absolute atomic E-state index is 0.130. The fraction of sp³-hybridized carbons (Fsp3) is 0.0833. The lowest BCUT2D eigenvalue weighted by atomic mass is 10.2. The highest BCUT2D eigenvalue weighted by molar-refractivity contribution is 6.34. The molecule has 0 fully saturated rings. The van der Waals surface area contributed by atoms with Crippen molar-refractivity contribution in [2.45, 2.75) is 6.92 Å². The molecule has 0 radical (unpaired) electrons. The van der Waals surface area contributed by atoms with Crippen molar-refractivity contribution in [3.63, 3.8) is 0 Å². The van der Waals surface area contributed by atoms with Gasteiger partial charge in [-0.15, -0.1) is 0 Å². The number of primary amides is 1. The zero-order valence-electron chi connectivity index (χ0n) is 10.4. The van der Waals surface area contributed by atoms with Crippen LogP contribution in [0.1, 0.15) is 26.5 Å². The molecule has 2 aromatic rings. The maximum absolute atomic E-state index is 11.9. The number of hydrogen-bond acceptors (Lipinski definition) is 3. The zero-order chi connectivity index (χ0) is 14.9. The van der Waals surface area contributed by atoms with E-state index in [9.17, 15) is 14.4 Å². The summed E-state index contributed by atoms with van der Waals surface area (Å²) < 4.78 is 0. The molecule has 0 bridgehead atoms. The van der Waals surface area contributed by atoms with E-state index in [1.807, 2.05) is 0 Å². The molecule has 0 aliphatic rings. The van der Waals surface area contributed by atoms with Gasteiger partial charge in [0.15, 0.2) is 0 Å². The van der Waals surface area contributed by atoms with Crippen molar-refractivity contribution in [3.8, 4) is 0 Å². The second-order valence-corrected chi connectivity index (χ2v) is 4.50. The predicted octanol–water partition coefficient (Wildman–Crippen LogP) is 1.02. The van der Waals surface area contributed by atoms with Gasteiger partial charge in [-0.05, 0) is 25.1 Å². The zero-order valence-corrected chi connectivity index (χ0v) is 11.2. The van der Waals surface area contributed by atoms with Crippen LogP contribution in [0.15, 0.2) is 23.0 Å². The van der Waals surface area contributed by atoms with E-state index in [4.69, 9.17) is 17.3 Å². The smallest absolute Gasteiger partial charge is 0.323 e. The van der Waals surface area contributed by atoms with Gasteiger partial charge < -0.3 is 21.0 Å². The number of aromatic amines is 2. The molecule has 1 aromatic heterocycles. The summed E-state index contributed by atoms with van der Waals surface area (Å²) in [6.45, 7) is 1.59. The molecular weight excluding hydrogens is 284 g/mol. The van der Waals surface area contributed by atoms with Crippen molar-refractivity contribution in [2.75, 3.05) is 5.32 Å². The number of nitrogens with one attached hydrogen (secondary N) is 3. The molecule has 2 rings (SSSR count). The van der Waals surface area contributed by atoms with Crippen LogP contribution in [0.5, 0.6) is 0 Å². The number of carbonyl (C=O) groups excluding carboxylic acids is 2. The highest BCUT2D eigenvalue weighted by Gasteiger charge is 2.14. The topological polar surface area (TPSA) is 121 Å². The van der Waals surface area contributed by atoms with Gasteiger partial charge >= 0.3 is 5.69 Å². The maximum Gasteiger partial charge on any atom is 0.323 e. The summed E-state index contributed by atoms with van der Waals surface area (Å²) in [6, 6.07) is 4.30. The van der Waals surface area contributed by atoms with Crippen LogP contribution in [0.25, 0.3) is 0 Å². The Hall–Kier alpha value is -2.54. The van der Waals surface area contributed by atoms with Crippen LogP contribution >= 0.6 is 11.6 Å². The first-order valence-electron chi connectivity index (χ1n) is 5.58. The molecule has 0 aliphatic heterocycles. The highest BCUT2D eigenvalue weighted by atomic mass is 35.5. The molecule has 20 heavy (non-hydrogen) atoms. The molecular formula is C12H11ClN4O3. The Kier molecular flexibility index (Phi) is 3.62. The van der Waals surface area contributed by atoms with E-state index in [1.165, 1.54) is 18.2 Å². The second kappa shape index (κ2) is 5.22. The lowest BCUT2D eigenvalue weighted by Gasteiger charge is -2.06. The fourth-order valence-corrected chi connectivity index (χ4v) is 1.96. The molecule has 1 aromatic carbocycles. The number of imidazole rings is 1. The number of carbonyl (C=O) groups is 2. The van der Waals surface area contributed by atoms with Gasteiger partial charge in [0.2, 0.25) is 5.91 Å². The third-order valence-corrected chi connectivity index (χ3v) is 2.95. The summed E-state index contributed by atoms with van der Waals surface area (Å²) >= 11 is 5.87. The van der Waals surface area contributed by atoms with E-state index in [0.717, 1.165) is 0 Å². The number of H-pyrrole nitrogens is 2. The maximum atomic E-state index is 11.9. The highest BCUT2D eigenvalue weighted by Crippen LogP contribution is 2.21. The Morgan fingerprint density at radius 1 is 1.30 bits per heavy atom. The van der Waals surface area contributed by atoms with E-state index in [1.54, 1.807) is 6.92 Å². The molecule has 0 atom stereocenters. The average Bonchev–Trinajstić information content (AvgIpc) is 2.68. The van der Waals surface area contributed by atoms with Gasteiger partial charge in [0.05, 0.1) is 10.6 Å². The molecule has 5 N–H and O–H groups in total. The van der Waals surface area contributed by atoms with Crippen LogP contribution in [0.4, 0.5) is 5.69 Å². The summed E-state index contributed by atoms with van der Waals surface area (Å²) in [5, 5.41) is 2.69. The first-order chi connectivity index (χ1) is 9.38. The van der Waals surface area contributed by atoms with E-state index in [2.05, 4.69) is 15.3 Å². The molecule has 8 heteroatoms. The normalized spacial score (nSPS) is 10.3. The number of benzene rings is 1. The number of aryl methyl sites for hydroxylation is 1. The van der Waals surface area contributed by atoms with Crippen molar-refractivity contribution >= 4 is 29.1 Å². The van der Waals surface area contributed by atoms with Gasteiger partial charge in [0.25, 0.3) is 5.91 Å². The average molecular weight is 295 g/mol. The molecule has 0 spiro atoms. The minimum Gasteiger partial charge on any atom is -0.366 e. The SMILES string of the molecule is Cc1[nH]c(=O)[nH]c1C(=O)Nc1ccc(C(N)=O)c(Cl)c1. The van der Waals surface area contributed by atoms with Gasteiger partial charge in [-0.25, -0.2) is 4.79 Å². The quantitative estimate of drug-likeness (QED) is 0.676. The van der Waals surface area contributed by atoms with Crippen LogP contribution in [0.3, 0.4) is 0 Å². The number of rotatable bonds is 3. The molecule has 0 saturated heterocycles. The predicted molar refractivity (Wildman–Crippen MR) is 74.1 cm³/mol. The van der Waals surface area contributed by atoms with Crippen molar-refractivity contribution in [2.24, 2.45) is 5.73 Å². The monoisotopic (exact) mass is 294 g/mol. The largest absolute Gasteiger partial charge is 0.366 e. The third-order valence-electron chi connectivity index (χ3n) is 2.63. The molecule has 7 nitrogen and oxygen atoms in total. The van der Waals surface area contributed by atoms with E-state index in [-0.39, 0.29) is 16.3 Å². The molecule has 2 amide bonds. The third kappa shape index (κ3) is 2.72. The molecule has 104 valence electrons. The van der Waals surface area contributed by atoms with Gasteiger partial charge in [-0.1, -0.05) is 11.6 Å². The molecule has 1 heterocycles. The Morgan fingerprint density at radius 3 is 2.50 bits per heavy atom. The number of halogens is 1. The molecule has 0 saturated carbocycles. The molecule has 0 unspecified atom stereocenters. The van der Waals surface area contributed by atoms with E-state index in [0.29, 0.717) is 11.4 Å². The second-order valence-electron chi connectivity index (χ2n) is 4.09. The number of hydrogen-bond donors (Lipinski definition) is 4.